The van der Waals surface area contributed by atoms with Gasteiger partial charge in [0.25, 0.3) is 5.91 Å². The topological polar surface area (TPSA) is 87.4 Å². The fourth-order valence-corrected chi connectivity index (χ4v) is 5.07. The molecule has 39 heavy (non-hydrogen) atoms. The summed E-state index contributed by atoms with van der Waals surface area (Å²) in [4.78, 5) is 30.6. The molecule has 0 bridgehead atoms. The number of hydrogen-bond donors (Lipinski definition) is 1. The van der Waals surface area contributed by atoms with Crippen molar-refractivity contribution in [2.45, 2.75) is 37.2 Å². The minimum absolute atomic E-state index is 0.194. The highest BCUT2D eigenvalue weighted by Crippen LogP contribution is 2.28. The Hall–Kier alpha value is -3.92. The van der Waals surface area contributed by atoms with Crippen LogP contribution in [0, 0.1) is 5.82 Å². The standard InChI is InChI=1S/C29H31FN6O2S/c1-20(2)24-17-27(36-15-13-35(14-16-36)25-9-4-3-8-23(25)30)34-29(33-24)39-19-22-10-11-26(38-22)28(37)32-18-21-7-5-6-12-31-21/h3-12,17,20H,13-16,18-19H2,1-2H3,(H,32,37). The molecule has 5 rings (SSSR count). The molecule has 0 radical (unpaired) electrons. The predicted octanol–water partition coefficient (Wildman–Crippen LogP) is 5.28. The molecule has 1 aliphatic heterocycles. The first kappa shape index (κ1) is 26.7. The molecule has 3 aromatic heterocycles. The number of carbonyl (C=O) groups excluding carboxylic acids is 1. The van der Waals surface area contributed by atoms with Crippen molar-refractivity contribution in [3.8, 4) is 0 Å². The van der Waals surface area contributed by atoms with Crippen LogP contribution in [-0.4, -0.2) is 47.0 Å². The predicted molar refractivity (Wildman–Crippen MR) is 151 cm³/mol. The molecule has 1 aromatic carbocycles. The number of piperazine rings is 1. The van der Waals surface area contributed by atoms with Gasteiger partial charge in [-0.1, -0.05) is 43.8 Å². The van der Waals surface area contributed by atoms with Gasteiger partial charge in [-0.3, -0.25) is 9.78 Å². The van der Waals surface area contributed by atoms with E-state index in [0.717, 1.165) is 30.3 Å². The Labute approximate surface area is 231 Å². The maximum atomic E-state index is 14.3. The molecule has 4 aromatic rings. The zero-order valence-electron chi connectivity index (χ0n) is 22.0. The van der Waals surface area contributed by atoms with Crippen LogP contribution < -0.4 is 15.1 Å². The van der Waals surface area contributed by atoms with Crippen molar-refractivity contribution in [1.82, 2.24) is 20.3 Å². The highest BCUT2D eigenvalue weighted by Gasteiger charge is 2.22. The number of halogens is 1. The van der Waals surface area contributed by atoms with Crippen LogP contribution in [0.3, 0.4) is 0 Å². The number of anilines is 2. The molecule has 1 N–H and O–H groups in total. The number of thioether (sulfide) groups is 1. The molecule has 0 aliphatic carbocycles. The maximum absolute atomic E-state index is 14.3. The third kappa shape index (κ3) is 6.75. The van der Waals surface area contributed by atoms with E-state index in [1.54, 1.807) is 24.4 Å². The van der Waals surface area contributed by atoms with Gasteiger partial charge in [0, 0.05) is 44.1 Å². The Morgan fingerprint density at radius 3 is 2.54 bits per heavy atom. The molecule has 0 saturated carbocycles. The Bertz CT molecular complexity index is 1410. The second kappa shape index (κ2) is 12.3. The molecule has 0 spiro atoms. The molecule has 10 heteroatoms. The summed E-state index contributed by atoms with van der Waals surface area (Å²) in [6.45, 7) is 7.45. The average Bonchev–Trinajstić information content (AvgIpc) is 3.45. The van der Waals surface area contributed by atoms with Gasteiger partial charge >= 0.3 is 0 Å². The van der Waals surface area contributed by atoms with Crippen molar-refractivity contribution in [2.75, 3.05) is 36.0 Å². The summed E-state index contributed by atoms with van der Waals surface area (Å²) in [6.07, 6.45) is 1.69. The van der Waals surface area contributed by atoms with E-state index in [0.29, 0.717) is 42.0 Å². The van der Waals surface area contributed by atoms with Crippen LogP contribution in [0.15, 0.2) is 76.4 Å². The second-order valence-electron chi connectivity index (χ2n) is 9.57. The van der Waals surface area contributed by atoms with E-state index in [1.807, 2.05) is 36.4 Å². The van der Waals surface area contributed by atoms with E-state index in [2.05, 4.69) is 33.9 Å². The van der Waals surface area contributed by atoms with E-state index in [-0.39, 0.29) is 23.4 Å². The summed E-state index contributed by atoms with van der Waals surface area (Å²) in [7, 11) is 0. The van der Waals surface area contributed by atoms with Gasteiger partial charge in [0.2, 0.25) is 0 Å². The van der Waals surface area contributed by atoms with Crippen molar-refractivity contribution < 1.29 is 13.6 Å². The van der Waals surface area contributed by atoms with Gasteiger partial charge in [-0.15, -0.1) is 0 Å². The van der Waals surface area contributed by atoms with Crippen LogP contribution in [-0.2, 0) is 12.3 Å². The molecule has 1 saturated heterocycles. The van der Waals surface area contributed by atoms with Crippen molar-refractivity contribution in [1.29, 1.82) is 0 Å². The maximum Gasteiger partial charge on any atom is 0.287 e. The largest absolute Gasteiger partial charge is 0.455 e. The zero-order valence-corrected chi connectivity index (χ0v) is 22.8. The molecule has 0 unspecified atom stereocenters. The molecule has 1 aliphatic rings. The van der Waals surface area contributed by atoms with Gasteiger partial charge in [0.1, 0.15) is 17.4 Å². The summed E-state index contributed by atoms with van der Waals surface area (Å²) in [5.74, 6) is 2.05. The highest BCUT2D eigenvalue weighted by molar-refractivity contribution is 7.98. The number of nitrogens with zero attached hydrogens (tertiary/aromatic N) is 5. The Morgan fingerprint density at radius 2 is 1.79 bits per heavy atom. The first-order valence-electron chi connectivity index (χ1n) is 13.0. The molecular formula is C29H31FN6O2S. The van der Waals surface area contributed by atoms with Gasteiger partial charge in [-0.05, 0) is 42.3 Å². The Balaban J connectivity index is 1.21. The lowest BCUT2D eigenvalue weighted by molar-refractivity contribution is 0.0921. The lowest BCUT2D eigenvalue weighted by atomic mass is 10.1. The van der Waals surface area contributed by atoms with Crippen molar-refractivity contribution >= 4 is 29.2 Å². The zero-order chi connectivity index (χ0) is 27.2. The van der Waals surface area contributed by atoms with Crippen LogP contribution in [0.5, 0.6) is 0 Å². The van der Waals surface area contributed by atoms with Crippen LogP contribution in [0.25, 0.3) is 0 Å². The van der Waals surface area contributed by atoms with Gasteiger partial charge in [-0.2, -0.15) is 0 Å². The van der Waals surface area contributed by atoms with Crippen molar-refractivity contribution in [3.05, 3.63) is 95.6 Å². The number of rotatable bonds is 9. The molecule has 4 heterocycles. The number of furan rings is 1. The quantitative estimate of drug-likeness (QED) is 0.224. The normalized spacial score (nSPS) is 13.6. The van der Waals surface area contributed by atoms with Crippen LogP contribution in [0.2, 0.25) is 0 Å². The van der Waals surface area contributed by atoms with E-state index >= 15 is 0 Å². The number of carbonyl (C=O) groups is 1. The minimum Gasteiger partial charge on any atom is -0.455 e. The Kier molecular flexibility index (Phi) is 8.41. The lowest BCUT2D eigenvalue weighted by Gasteiger charge is -2.37. The number of pyridine rings is 1. The van der Waals surface area contributed by atoms with Gasteiger partial charge in [0.05, 0.1) is 23.7 Å². The van der Waals surface area contributed by atoms with E-state index < -0.39 is 0 Å². The van der Waals surface area contributed by atoms with Gasteiger partial charge in [-0.25, -0.2) is 14.4 Å². The highest BCUT2D eigenvalue weighted by atomic mass is 32.2. The fraction of sp³-hybridized carbons (Fsp3) is 0.310. The van der Waals surface area contributed by atoms with Crippen molar-refractivity contribution in [2.24, 2.45) is 0 Å². The molecule has 0 atom stereocenters. The minimum atomic E-state index is -0.285. The van der Waals surface area contributed by atoms with Crippen LogP contribution >= 0.6 is 11.8 Å². The molecule has 1 fully saturated rings. The fourth-order valence-electron chi connectivity index (χ4n) is 4.31. The average molecular weight is 547 g/mol. The number of hydrogen-bond acceptors (Lipinski definition) is 8. The summed E-state index contributed by atoms with van der Waals surface area (Å²) in [6, 6.07) is 18.0. The Morgan fingerprint density at radius 1 is 1.03 bits per heavy atom. The second-order valence-corrected chi connectivity index (χ2v) is 10.5. The number of amides is 1. The molecule has 8 nitrogen and oxygen atoms in total. The number of benzene rings is 1. The summed E-state index contributed by atoms with van der Waals surface area (Å²) in [5, 5.41) is 3.48. The summed E-state index contributed by atoms with van der Waals surface area (Å²) < 4.78 is 20.0. The monoisotopic (exact) mass is 546 g/mol. The summed E-state index contributed by atoms with van der Waals surface area (Å²) in [5.41, 5.74) is 2.38. The number of nitrogens with one attached hydrogen (secondary N) is 1. The van der Waals surface area contributed by atoms with Gasteiger partial charge in [0.15, 0.2) is 10.9 Å². The van der Waals surface area contributed by atoms with Gasteiger partial charge < -0.3 is 19.5 Å². The third-order valence-electron chi connectivity index (χ3n) is 6.49. The lowest BCUT2D eigenvalue weighted by Crippen LogP contribution is -2.47. The first-order valence-corrected chi connectivity index (χ1v) is 14.0. The van der Waals surface area contributed by atoms with E-state index in [1.165, 1.54) is 17.8 Å². The smallest absolute Gasteiger partial charge is 0.287 e. The van der Waals surface area contributed by atoms with E-state index in [9.17, 15) is 9.18 Å². The summed E-state index contributed by atoms with van der Waals surface area (Å²) >= 11 is 1.47. The molecule has 1 amide bonds. The molecular weight excluding hydrogens is 515 g/mol. The third-order valence-corrected chi connectivity index (χ3v) is 7.36. The molecule has 202 valence electrons. The number of aromatic nitrogens is 3. The van der Waals surface area contributed by atoms with E-state index in [4.69, 9.17) is 14.4 Å². The first-order chi connectivity index (χ1) is 19.0. The van der Waals surface area contributed by atoms with Crippen LogP contribution in [0.4, 0.5) is 15.9 Å². The van der Waals surface area contributed by atoms with Crippen molar-refractivity contribution in [3.63, 3.8) is 0 Å². The number of para-hydroxylation sites is 1. The SMILES string of the molecule is CC(C)c1cc(N2CCN(c3ccccc3F)CC2)nc(SCc2ccc(C(=O)NCc3ccccn3)o2)n1. The van der Waals surface area contributed by atoms with Crippen LogP contribution in [0.1, 0.15) is 47.5 Å².